The Morgan fingerprint density at radius 1 is 1.00 bits per heavy atom. The van der Waals surface area contributed by atoms with Crippen molar-refractivity contribution in [2.24, 2.45) is 50.2 Å². The molecule has 7 heteroatoms. The van der Waals surface area contributed by atoms with Crippen LogP contribution in [0.3, 0.4) is 0 Å². The van der Waals surface area contributed by atoms with Gasteiger partial charge in [-0.25, -0.2) is 9.86 Å². The molecule has 9 atom stereocenters. The van der Waals surface area contributed by atoms with Gasteiger partial charge in [-0.15, -0.1) is 0 Å². The molecule has 0 spiro atoms. The van der Waals surface area contributed by atoms with Crippen molar-refractivity contribution in [3.63, 3.8) is 0 Å². The third kappa shape index (κ3) is 4.48. The Bertz CT molecular complexity index is 1180. The minimum atomic E-state index is -1.25. The fourth-order valence-corrected chi connectivity index (χ4v) is 11.9. The molecule has 0 aromatic carbocycles. The summed E-state index contributed by atoms with van der Waals surface area (Å²) in [5.41, 5.74) is 0.299. The lowest BCUT2D eigenvalue weighted by Crippen LogP contribution is -2.65. The van der Waals surface area contributed by atoms with Crippen LogP contribution >= 0.6 is 11.8 Å². The molecule has 0 radical (unpaired) electrons. The smallest absolute Gasteiger partial charge is 0.329 e. The Hall–Kier alpha value is -1.34. The quantitative estimate of drug-likeness (QED) is 0.238. The van der Waals surface area contributed by atoms with Crippen LogP contribution < -0.4 is 0 Å². The molecular formula is C35H55NO5S. The van der Waals surface area contributed by atoms with Gasteiger partial charge in [-0.1, -0.05) is 60.5 Å². The zero-order chi connectivity index (χ0) is 31.1. The van der Waals surface area contributed by atoms with Crippen LogP contribution in [0, 0.1) is 50.2 Å². The number of aliphatic carboxylic acids is 1. The number of nitrogens with zero attached hydrogens (tertiary/aromatic N) is 1. The monoisotopic (exact) mass is 601 g/mol. The number of hydrogen-bond acceptors (Lipinski definition) is 5. The first-order valence-electron chi connectivity index (χ1n) is 16.4. The lowest BCUT2D eigenvalue weighted by Gasteiger charge is -2.70. The average molecular weight is 602 g/mol. The number of hydroxylamine groups is 2. The molecule has 5 rings (SSSR count). The SMILES string of the molecule is CSCC[C@@H](C(=O)O)N(O)C(=O)C1(C)CC[C@]2(C)CC[C@]3(C)C(=CC(=O)C4[C@@]5(C)CCCC(C)(C)C5CC[C@]43C)[C@@H]2C1. The van der Waals surface area contributed by atoms with Gasteiger partial charge in [0.2, 0.25) is 0 Å². The molecule has 0 aromatic heterocycles. The molecule has 6 nitrogen and oxygen atoms in total. The lowest BCUT2D eigenvalue weighted by atomic mass is 9.33. The summed E-state index contributed by atoms with van der Waals surface area (Å²) in [5.74, 6) is -0.214. The van der Waals surface area contributed by atoms with Crippen molar-refractivity contribution in [2.75, 3.05) is 12.0 Å². The van der Waals surface area contributed by atoms with E-state index in [-0.39, 0.29) is 45.3 Å². The van der Waals surface area contributed by atoms with Gasteiger partial charge in [0.1, 0.15) is 0 Å². The van der Waals surface area contributed by atoms with Crippen molar-refractivity contribution in [2.45, 2.75) is 125 Å². The maximum absolute atomic E-state index is 14.5. The van der Waals surface area contributed by atoms with Gasteiger partial charge in [-0.2, -0.15) is 11.8 Å². The predicted octanol–water partition coefficient (Wildman–Crippen LogP) is 7.78. The van der Waals surface area contributed by atoms with E-state index < -0.39 is 23.3 Å². The van der Waals surface area contributed by atoms with Gasteiger partial charge < -0.3 is 5.11 Å². The summed E-state index contributed by atoms with van der Waals surface area (Å²) in [6.45, 7) is 16.3. The highest BCUT2D eigenvalue weighted by atomic mass is 32.2. The summed E-state index contributed by atoms with van der Waals surface area (Å²) in [7, 11) is 0. The zero-order valence-corrected chi connectivity index (χ0v) is 28.2. The fourth-order valence-electron chi connectivity index (χ4n) is 11.5. The highest BCUT2D eigenvalue weighted by molar-refractivity contribution is 7.98. The lowest BCUT2D eigenvalue weighted by molar-refractivity contribution is -0.200. The van der Waals surface area contributed by atoms with E-state index in [1.165, 1.54) is 30.2 Å². The number of carbonyl (C=O) groups is 3. The highest BCUT2D eigenvalue weighted by Crippen LogP contribution is 2.75. The van der Waals surface area contributed by atoms with Crippen LogP contribution in [0.15, 0.2) is 11.6 Å². The van der Waals surface area contributed by atoms with Crippen LogP contribution in [0.4, 0.5) is 0 Å². The number of carbonyl (C=O) groups excluding carboxylic acids is 2. The molecule has 236 valence electrons. The Labute approximate surface area is 257 Å². The molecule has 0 saturated heterocycles. The van der Waals surface area contributed by atoms with Crippen LogP contribution in [0.1, 0.15) is 119 Å². The van der Waals surface area contributed by atoms with Crippen molar-refractivity contribution >= 4 is 29.4 Å². The van der Waals surface area contributed by atoms with Gasteiger partial charge in [0, 0.05) is 11.3 Å². The second kappa shape index (κ2) is 10.4. The molecule has 0 aliphatic heterocycles. The average Bonchev–Trinajstić information content (AvgIpc) is 2.89. The van der Waals surface area contributed by atoms with Gasteiger partial charge in [0.25, 0.3) is 5.91 Å². The molecule has 0 heterocycles. The Morgan fingerprint density at radius 2 is 1.67 bits per heavy atom. The highest BCUT2D eigenvalue weighted by Gasteiger charge is 2.69. The first kappa shape index (κ1) is 32.1. The van der Waals surface area contributed by atoms with E-state index in [9.17, 15) is 24.7 Å². The Balaban J connectivity index is 1.51. The number of amides is 1. The van der Waals surface area contributed by atoms with E-state index >= 15 is 0 Å². The van der Waals surface area contributed by atoms with E-state index in [1.54, 1.807) is 0 Å². The summed E-state index contributed by atoms with van der Waals surface area (Å²) in [4.78, 5) is 40.4. The summed E-state index contributed by atoms with van der Waals surface area (Å²) in [5, 5.41) is 21.3. The van der Waals surface area contributed by atoms with E-state index in [0.717, 1.165) is 38.5 Å². The number of rotatable bonds is 6. The molecule has 3 unspecified atom stereocenters. The Morgan fingerprint density at radius 3 is 2.31 bits per heavy atom. The van der Waals surface area contributed by atoms with Crippen LogP contribution in [0.2, 0.25) is 0 Å². The van der Waals surface area contributed by atoms with Crippen LogP contribution in [0.25, 0.3) is 0 Å². The molecule has 1 amide bonds. The maximum atomic E-state index is 14.5. The number of carboxylic acids is 1. The minimum Gasteiger partial charge on any atom is -0.480 e. The Kier molecular flexibility index (Phi) is 7.91. The van der Waals surface area contributed by atoms with Gasteiger partial charge in [-0.3, -0.25) is 14.8 Å². The topological polar surface area (TPSA) is 94.9 Å². The van der Waals surface area contributed by atoms with Crippen molar-refractivity contribution < 1.29 is 24.7 Å². The second-order valence-electron chi connectivity index (χ2n) is 16.9. The van der Waals surface area contributed by atoms with Gasteiger partial charge in [-0.05, 0) is 121 Å². The van der Waals surface area contributed by atoms with E-state index in [0.29, 0.717) is 35.4 Å². The molecule has 2 N–H and O–H groups in total. The normalized spacial score (nSPS) is 44.9. The number of ketones is 1. The third-order valence-electron chi connectivity index (χ3n) is 14.2. The summed E-state index contributed by atoms with van der Waals surface area (Å²) >= 11 is 1.50. The molecular weight excluding hydrogens is 546 g/mol. The minimum absolute atomic E-state index is 0.00528. The molecule has 0 aromatic rings. The molecule has 42 heavy (non-hydrogen) atoms. The van der Waals surface area contributed by atoms with E-state index in [4.69, 9.17) is 0 Å². The summed E-state index contributed by atoms with van der Waals surface area (Å²) in [6.07, 6.45) is 14.0. The van der Waals surface area contributed by atoms with Gasteiger partial charge in [0.05, 0.1) is 0 Å². The predicted molar refractivity (Wildman–Crippen MR) is 167 cm³/mol. The first-order valence-corrected chi connectivity index (χ1v) is 17.8. The number of allylic oxidation sites excluding steroid dienone is 2. The van der Waals surface area contributed by atoms with Gasteiger partial charge in [0.15, 0.2) is 11.8 Å². The molecule has 4 saturated carbocycles. The molecule has 0 bridgehead atoms. The number of fused-ring (bicyclic) bond motifs is 7. The van der Waals surface area contributed by atoms with E-state index in [1.807, 2.05) is 19.3 Å². The van der Waals surface area contributed by atoms with Gasteiger partial charge >= 0.3 is 5.97 Å². The second-order valence-corrected chi connectivity index (χ2v) is 17.9. The van der Waals surface area contributed by atoms with Crippen molar-refractivity contribution in [3.05, 3.63) is 11.6 Å². The largest absolute Gasteiger partial charge is 0.480 e. The number of hydrogen-bond donors (Lipinski definition) is 2. The van der Waals surface area contributed by atoms with Crippen molar-refractivity contribution in [3.8, 4) is 0 Å². The van der Waals surface area contributed by atoms with Crippen LogP contribution in [-0.2, 0) is 14.4 Å². The van der Waals surface area contributed by atoms with Crippen LogP contribution in [0.5, 0.6) is 0 Å². The summed E-state index contributed by atoms with van der Waals surface area (Å²) in [6, 6.07) is -1.25. The fraction of sp³-hybridized carbons (Fsp3) is 0.857. The van der Waals surface area contributed by atoms with E-state index in [2.05, 4.69) is 41.5 Å². The molecule has 5 aliphatic rings. The zero-order valence-electron chi connectivity index (χ0n) is 27.3. The third-order valence-corrected chi connectivity index (χ3v) is 14.9. The first-order chi connectivity index (χ1) is 19.4. The van der Waals surface area contributed by atoms with Crippen LogP contribution in [-0.4, -0.2) is 51.1 Å². The number of thioether (sulfide) groups is 1. The molecule has 4 fully saturated rings. The molecule has 5 aliphatic carbocycles. The van der Waals surface area contributed by atoms with Crippen molar-refractivity contribution in [1.29, 1.82) is 0 Å². The number of carboxylic acid groups (broad SMARTS) is 1. The maximum Gasteiger partial charge on any atom is 0.329 e. The van der Waals surface area contributed by atoms with Crippen molar-refractivity contribution in [1.82, 2.24) is 5.06 Å². The standard InChI is InChI=1S/C35H55NO5S/c1-30(2)12-9-13-33(5)26(30)10-14-35(7)27(33)25(37)20-22-23-21-32(4,16-15-31(23,3)17-18-34(22,35)6)29(40)36(41)24(28(38)39)11-19-42-8/h20,23-24,26-27,41H,9-19,21H2,1-8H3,(H,38,39)/t23-,24-,26?,27?,31+,32?,33-,34+,35+/m0/s1. The summed E-state index contributed by atoms with van der Waals surface area (Å²) < 4.78 is 0.